The van der Waals surface area contributed by atoms with Crippen LogP contribution in [0.3, 0.4) is 0 Å². The smallest absolute Gasteiger partial charge is 0.233 e. The number of hydrogen-bond acceptors (Lipinski definition) is 4. The molecule has 0 aliphatic rings. The van der Waals surface area contributed by atoms with E-state index in [1.807, 2.05) is 18.4 Å². The van der Waals surface area contributed by atoms with E-state index in [-0.39, 0.29) is 17.0 Å². The van der Waals surface area contributed by atoms with E-state index in [9.17, 15) is 9.18 Å². The summed E-state index contributed by atoms with van der Waals surface area (Å²) in [6.45, 7) is 8.54. The number of amides is 1. The lowest BCUT2D eigenvalue weighted by Crippen LogP contribution is -2.32. The molecule has 128 valence electrons. The highest BCUT2D eigenvalue weighted by Gasteiger charge is 2.18. The van der Waals surface area contributed by atoms with Crippen LogP contribution in [0.1, 0.15) is 18.3 Å². The molecular formula is C17H21FN4OS. The third kappa shape index (κ3) is 4.92. The zero-order valence-corrected chi connectivity index (χ0v) is 14.6. The SMILES string of the molecule is C=CCn1c(C)nnc1SC(C)C(=O)NCCc1ccc(F)cc1. The van der Waals surface area contributed by atoms with Gasteiger partial charge in [-0.1, -0.05) is 30.0 Å². The van der Waals surface area contributed by atoms with E-state index >= 15 is 0 Å². The summed E-state index contributed by atoms with van der Waals surface area (Å²) in [5.74, 6) is 0.473. The number of halogens is 1. The second-order valence-corrected chi connectivity index (χ2v) is 6.66. The first-order chi connectivity index (χ1) is 11.5. The number of carbonyl (C=O) groups excluding carboxylic acids is 1. The monoisotopic (exact) mass is 348 g/mol. The van der Waals surface area contributed by atoms with E-state index in [0.29, 0.717) is 24.7 Å². The first kappa shape index (κ1) is 18.2. The fraction of sp³-hybridized carbons (Fsp3) is 0.353. The Bertz CT molecular complexity index is 699. The van der Waals surface area contributed by atoms with Crippen LogP contribution in [0.5, 0.6) is 0 Å². The molecule has 1 atom stereocenters. The summed E-state index contributed by atoms with van der Waals surface area (Å²) in [5.41, 5.74) is 0.985. The van der Waals surface area contributed by atoms with Crippen molar-refractivity contribution in [3.8, 4) is 0 Å². The molecule has 0 radical (unpaired) electrons. The Balaban J connectivity index is 1.84. The summed E-state index contributed by atoms with van der Waals surface area (Å²) >= 11 is 1.37. The van der Waals surface area contributed by atoms with Crippen molar-refractivity contribution in [2.45, 2.75) is 37.2 Å². The number of thioether (sulfide) groups is 1. The number of benzene rings is 1. The summed E-state index contributed by atoms with van der Waals surface area (Å²) in [6.07, 6.45) is 2.43. The number of rotatable bonds is 8. The van der Waals surface area contributed by atoms with Crippen LogP contribution >= 0.6 is 11.8 Å². The van der Waals surface area contributed by atoms with Gasteiger partial charge in [-0.3, -0.25) is 4.79 Å². The van der Waals surface area contributed by atoms with Crippen molar-refractivity contribution in [2.75, 3.05) is 6.54 Å². The van der Waals surface area contributed by atoms with Gasteiger partial charge < -0.3 is 9.88 Å². The normalized spacial score (nSPS) is 12.0. The standard InChI is InChI=1S/C17H21FN4OS/c1-4-11-22-13(3)20-21-17(22)24-12(2)16(23)19-10-9-14-5-7-15(18)8-6-14/h4-8,12H,1,9-11H2,2-3H3,(H,19,23). The molecule has 1 amide bonds. The van der Waals surface area contributed by atoms with Crippen LogP contribution in [0, 0.1) is 12.7 Å². The number of hydrogen-bond donors (Lipinski definition) is 1. The first-order valence-electron chi connectivity index (χ1n) is 7.70. The van der Waals surface area contributed by atoms with Crippen molar-refractivity contribution >= 4 is 17.7 Å². The van der Waals surface area contributed by atoms with E-state index in [1.165, 1.54) is 23.9 Å². The van der Waals surface area contributed by atoms with Crippen molar-refractivity contribution < 1.29 is 9.18 Å². The van der Waals surface area contributed by atoms with Crippen LogP contribution in [0.25, 0.3) is 0 Å². The Morgan fingerprint density at radius 1 is 1.42 bits per heavy atom. The highest BCUT2D eigenvalue weighted by molar-refractivity contribution is 8.00. The predicted molar refractivity (Wildman–Crippen MR) is 93.4 cm³/mol. The largest absolute Gasteiger partial charge is 0.355 e. The van der Waals surface area contributed by atoms with Gasteiger partial charge in [-0.05, 0) is 38.0 Å². The number of nitrogens with one attached hydrogen (secondary N) is 1. The van der Waals surface area contributed by atoms with Crippen LogP contribution in [-0.2, 0) is 17.8 Å². The fourth-order valence-corrected chi connectivity index (χ4v) is 3.05. The minimum absolute atomic E-state index is 0.0621. The molecule has 1 aromatic heterocycles. The maximum Gasteiger partial charge on any atom is 0.233 e. The molecule has 1 N–H and O–H groups in total. The van der Waals surface area contributed by atoms with E-state index in [0.717, 1.165) is 11.4 Å². The minimum Gasteiger partial charge on any atom is -0.355 e. The molecule has 2 rings (SSSR count). The van der Waals surface area contributed by atoms with Gasteiger partial charge in [0.15, 0.2) is 5.16 Å². The molecule has 24 heavy (non-hydrogen) atoms. The highest BCUT2D eigenvalue weighted by atomic mass is 32.2. The molecule has 0 saturated carbocycles. The third-order valence-corrected chi connectivity index (χ3v) is 4.57. The van der Waals surface area contributed by atoms with Gasteiger partial charge in [0.25, 0.3) is 0 Å². The lowest BCUT2D eigenvalue weighted by molar-refractivity contribution is -0.120. The number of carbonyl (C=O) groups is 1. The van der Waals surface area contributed by atoms with Crippen LogP contribution in [0.15, 0.2) is 42.1 Å². The molecule has 2 aromatic rings. The van der Waals surface area contributed by atoms with Crippen molar-refractivity contribution in [3.63, 3.8) is 0 Å². The zero-order valence-electron chi connectivity index (χ0n) is 13.8. The number of allylic oxidation sites excluding steroid dienone is 1. The first-order valence-corrected chi connectivity index (χ1v) is 8.58. The molecule has 7 heteroatoms. The molecule has 5 nitrogen and oxygen atoms in total. The molecule has 1 aromatic carbocycles. The van der Waals surface area contributed by atoms with Gasteiger partial charge in [0.05, 0.1) is 5.25 Å². The molecule has 0 fully saturated rings. The van der Waals surface area contributed by atoms with Gasteiger partial charge in [-0.25, -0.2) is 4.39 Å². The van der Waals surface area contributed by atoms with Crippen molar-refractivity contribution in [1.29, 1.82) is 0 Å². The third-order valence-electron chi connectivity index (χ3n) is 3.49. The second kappa shape index (κ2) is 8.63. The lowest BCUT2D eigenvalue weighted by atomic mass is 10.1. The molecule has 0 aliphatic heterocycles. The average molecular weight is 348 g/mol. The number of aromatic nitrogens is 3. The Morgan fingerprint density at radius 3 is 2.79 bits per heavy atom. The van der Waals surface area contributed by atoms with Crippen molar-refractivity contribution in [3.05, 3.63) is 54.1 Å². The molecule has 0 saturated heterocycles. The van der Waals surface area contributed by atoms with Gasteiger partial charge in [0.1, 0.15) is 11.6 Å². The van der Waals surface area contributed by atoms with Gasteiger partial charge in [0.2, 0.25) is 5.91 Å². The Labute approximate surface area is 145 Å². The second-order valence-electron chi connectivity index (χ2n) is 5.36. The topological polar surface area (TPSA) is 59.8 Å². The van der Waals surface area contributed by atoms with Crippen molar-refractivity contribution in [2.24, 2.45) is 0 Å². The zero-order chi connectivity index (χ0) is 17.5. The summed E-state index contributed by atoms with van der Waals surface area (Å²) in [6, 6.07) is 6.29. The van der Waals surface area contributed by atoms with E-state index in [1.54, 1.807) is 18.2 Å². The number of nitrogens with zero attached hydrogens (tertiary/aromatic N) is 3. The van der Waals surface area contributed by atoms with Gasteiger partial charge >= 0.3 is 0 Å². The predicted octanol–water partition coefficient (Wildman–Crippen LogP) is 2.75. The fourth-order valence-electron chi connectivity index (χ4n) is 2.12. The van der Waals surface area contributed by atoms with Gasteiger partial charge in [-0.15, -0.1) is 16.8 Å². The molecule has 0 spiro atoms. The Hall–Kier alpha value is -2.15. The average Bonchev–Trinajstić information content (AvgIpc) is 2.90. The maximum atomic E-state index is 12.8. The van der Waals surface area contributed by atoms with Crippen molar-refractivity contribution in [1.82, 2.24) is 20.1 Å². The van der Waals surface area contributed by atoms with Crippen LogP contribution in [0.4, 0.5) is 4.39 Å². The molecule has 1 unspecified atom stereocenters. The summed E-state index contributed by atoms with van der Waals surface area (Å²) < 4.78 is 14.8. The Morgan fingerprint density at radius 2 is 2.12 bits per heavy atom. The van der Waals surface area contributed by atoms with Gasteiger partial charge in [0, 0.05) is 13.1 Å². The lowest BCUT2D eigenvalue weighted by Gasteiger charge is -2.12. The quantitative estimate of drug-likeness (QED) is 0.589. The molecule has 1 heterocycles. The maximum absolute atomic E-state index is 12.8. The van der Waals surface area contributed by atoms with Crippen LogP contribution in [0.2, 0.25) is 0 Å². The summed E-state index contributed by atoms with van der Waals surface area (Å²) in [4.78, 5) is 12.2. The Kier molecular flexibility index (Phi) is 6.54. The van der Waals surface area contributed by atoms with E-state index < -0.39 is 0 Å². The van der Waals surface area contributed by atoms with E-state index in [4.69, 9.17) is 0 Å². The molecular weight excluding hydrogens is 327 g/mol. The van der Waals surface area contributed by atoms with Crippen LogP contribution in [-0.4, -0.2) is 32.5 Å². The molecule has 0 bridgehead atoms. The van der Waals surface area contributed by atoms with E-state index in [2.05, 4.69) is 22.1 Å². The van der Waals surface area contributed by atoms with Crippen LogP contribution < -0.4 is 5.32 Å². The summed E-state index contributed by atoms with van der Waals surface area (Å²) in [7, 11) is 0. The molecule has 0 aliphatic carbocycles. The minimum atomic E-state index is -0.287. The number of aryl methyl sites for hydroxylation is 1. The highest BCUT2D eigenvalue weighted by Crippen LogP contribution is 2.22. The van der Waals surface area contributed by atoms with Gasteiger partial charge in [-0.2, -0.15) is 0 Å². The summed E-state index contributed by atoms with van der Waals surface area (Å²) in [5, 5.41) is 11.5.